The van der Waals surface area contributed by atoms with Gasteiger partial charge in [0.2, 0.25) is 5.91 Å². The zero-order valence-electron chi connectivity index (χ0n) is 10.4. The molecule has 102 valence electrons. The zero-order chi connectivity index (χ0) is 13.5. The van der Waals surface area contributed by atoms with Crippen LogP contribution in [0.1, 0.15) is 26.2 Å². The molecule has 0 spiro atoms. The standard InChI is InChI=1S/C11H19N3O4/c1-7(10(16)17)4-5-12-11(18)13-6-8-2-3-9(15)14-8/h7-8H,2-6H2,1H3,(H,14,15)(H,16,17)(H2,12,13,18). The van der Waals surface area contributed by atoms with Gasteiger partial charge in [0.15, 0.2) is 0 Å². The minimum atomic E-state index is -0.870. The van der Waals surface area contributed by atoms with Crippen molar-refractivity contribution in [3.63, 3.8) is 0 Å². The number of nitrogens with one attached hydrogen (secondary N) is 3. The number of hydrogen-bond donors (Lipinski definition) is 4. The van der Waals surface area contributed by atoms with Crippen LogP contribution in [0.15, 0.2) is 0 Å². The molecule has 0 aromatic heterocycles. The number of amides is 3. The molecule has 0 aromatic rings. The Hall–Kier alpha value is -1.79. The van der Waals surface area contributed by atoms with E-state index in [1.807, 2.05) is 0 Å². The van der Waals surface area contributed by atoms with Crippen molar-refractivity contribution in [2.75, 3.05) is 13.1 Å². The number of carboxylic acid groups (broad SMARTS) is 1. The van der Waals surface area contributed by atoms with E-state index in [2.05, 4.69) is 16.0 Å². The van der Waals surface area contributed by atoms with Crippen molar-refractivity contribution in [3.05, 3.63) is 0 Å². The highest BCUT2D eigenvalue weighted by Gasteiger charge is 2.20. The molecular formula is C11H19N3O4. The highest BCUT2D eigenvalue weighted by molar-refractivity contribution is 5.79. The summed E-state index contributed by atoms with van der Waals surface area (Å²) in [6.07, 6.45) is 1.63. The third-order valence-corrected chi connectivity index (χ3v) is 2.88. The molecule has 1 heterocycles. The number of aliphatic carboxylic acids is 1. The Morgan fingerprint density at radius 3 is 2.78 bits per heavy atom. The fraction of sp³-hybridized carbons (Fsp3) is 0.727. The third-order valence-electron chi connectivity index (χ3n) is 2.88. The van der Waals surface area contributed by atoms with Gasteiger partial charge in [-0.25, -0.2) is 4.79 Å². The van der Waals surface area contributed by atoms with E-state index >= 15 is 0 Å². The average molecular weight is 257 g/mol. The maximum atomic E-state index is 11.4. The smallest absolute Gasteiger partial charge is 0.314 e. The lowest BCUT2D eigenvalue weighted by Crippen LogP contribution is -2.43. The summed E-state index contributed by atoms with van der Waals surface area (Å²) in [6.45, 7) is 2.30. The lowest BCUT2D eigenvalue weighted by molar-refractivity contribution is -0.141. The minimum absolute atomic E-state index is 0.00110. The highest BCUT2D eigenvalue weighted by atomic mass is 16.4. The molecule has 2 atom stereocenters. The normalized spacial score (nSPS) is 20.1. The molecule has 1 fully saturated rings. The molecule has 1 aliphatic rings. The Balaban J connectivity index is 2.07. The molecule has 0 aliphatic carbocycles. The fourth-order valence-corrected chi connectivity index (χ4v) is 1.63. The van der Waals surface area contributed by atoms with Crippen molar-refractivity contribution in [1.82, 2.24) is 16.0 Å². The molecule has 7 nitrogen and oxygen atoms in total. The van der Waals surface area contributed by atoms with Crippen LogP contribution in [0.3, 0.4) is 0 Å². The van der Waals surface area contributed by atoms with Gasteiger partial charge in [0, 0.05) is 25.6 Å². The Labute approximate surface area is 105 Å². The number of carboxylic acids is 1. The lowest BCUT2D eigenvalue weighted by Gasteiger charge is -2.12. The predicted molar refractivity (Wildman–Crippen MR) is 64.0 cm³/mol. The maximum absolute atomic E-state index is 11.4. The van der Waals surface area contributed by atoms with Gasteiger partial charge >= 0.3 is 12.0 Å². The van der Waals surface area contributed by atoms with Gasteiger partial charge in [0.1, 0.15) is 0 Å². The van der Waals surface area contributed by atoms with E-state index in [0.29, 0.717) is 25.9 Å². The molecule has 1 saturated heterocycles. The summed E-state index contributed by atoms with van der Waals surface area (Å²) in [5.74, 6) is -1.33. The quantitative estimate of drug-likeness (QED) is 0.522. The van der Waals surface area contributed by atoms with Crippen LogP contribution >= 0.6 is 0 Å². The van der Waals surface area contributed by atoms with E-state index in [9.17, 15) is 14.4 Å². The topological polar surface area (TPSA) is 108 Å². The third kappa shape index (κ3) is 5.03. The SMILES string of the molecule is CC(CCNC(=O)NCC1CCC(=O)N1)C(=O)O. The van der Waals surface area contributed by atoms with Crippen LogP contribution in [-0.4, -0.2) is 42.1 Å². The van der Waals surface area contributed by atoms with Crippen molar-refractivity contribution in [3.8, 4) is 0 Å². The van der Waals surface area contributed by atoms with Crippen LogP contribution < -0.4 is 16.0 Å². The van der Waals surface area contributed by atoms with Crippen LogP contribution in [0.5, 0.6) is 0 Å². The number of carbonyl (C=O) groups is 3. The van der Waals surface area contributed by atoms with Gasteiger partial charge < -0.3 is 21.1 Å². The lowest BCUT2D eigenvalue weighted by atomic mass is 10.1. The van der Waals surface area contributed by atoms with E-state index in [1.165, 1.54) is 0 Å². The molecule has 0 saturated carbocycles. The first-order chi connectivity index (χ1) is 8.49. The van der Waals surface area contributed by atoms with Crippen molar-refractivity contribution in [2.45, 2.75) is 32.2 Å². The molecule has 7 heteroatoms. The van der Waals surface area contributed by atoms with Crippen LogP contribution in [-0.2, 0) is 9.59 Å². The Morgan fingerprint density at radius 2 is 2.22 bits per heavy atom. The number of hydrogen-bond acceptors (Lipinski definition) is 3. The van der Waals surface area contributed by atoms with Crippen LogP contribution in [0.25, 0.3) is 0 Å². The van der Waals surface area contributed by atoms with Gasteiger partial charge in [-0.2, -0.15) is 0 Å². The van der Waals surface area contributed by atoms with Gasteiger partial charge in [-0.15, -0.1) is 0 Å². The van der Waals surface area contributed by atoms with Gasteiger partial charge in [-0.05, 0) is 12.8 Å². The summed E-state index contributed by atoms with van der Waals surface area (Å²) in [4.78, 5) is 32.8. The number of carbonyl (C=O) groups excluding carboxylic acids is 2. The van der Waals surface area contributed by atoms with Crippen LogP contribution in [0.2, 0.25) is 0 Å². The minimum Gasteiger partial charge on any atom is -0.481 e. The van der Waals surface area contributed by atoms with Crippen molar-refractivity contribution < 1.29 is 19.5 Å². The Morgan fingerprint density at radius 1 is 1.50 bits per heavy atom. The molecule has 1 rings (SSSR count). The molecule has 2 unspecified atom stereocenters. The van der Waals surface area contributed by atoms with Gasteiger partial charge in [-0.3, -0.25) is 9.59 Å². The van der Waals surface area contributed by atoms with Crippen LogP contribution in [0.4, 0.5) is 4.79 Å². The molecule has 1 aliphatic heterocycles. The zero-order valence-corrected chi connectivity index (χ0v) is 10.4. The summed E-state index contributed by atoms with van der Waals surface area (Å²) in [5, 5.41) is 16.6. The molecular weight excluding hydrogens is 238 g/mol. The summed E-state index contributed by atoms with van der Waals surface area (Å²) >= 11 is 0. The fourth-order valence-electron chi connectivity index (χ4n) is 1.63. The summed E-state index contributed by atoms with van der Waals surface area (Å²) < 4.78 is 0. The van der Waals surface area contributed by atoms with E-state index in [1.54, 1.807) is 6.92 Å². The van der Waals surface area contributed by atoms with Crippen LogP contribution in [0, 0.1) is 5.92 Å². The van der Waals surface area contributed by atoms with E-state index in [4.69, 9.17) is 5.11 Å². The second kappa shape index (κ2) is 6.83. The summed E-state index contributed by atoms with van der Waals surface area (Å²) in [5.41, 5.74) is 0. The van der Waals surface area contributed by atoms with E-state index in [0.717, 1.165) is 6.42 Å². The van der Waals surface area contributed by atoms with Gasteiger partial charge in [-0.1, -0.05) is 6.92 Å². The van der Waals surface area contributed by atoms with Gasteiger partial charge in [0.05, 0.1) is 5.92 Å². The summed E-state index contributed by atoms with van der Waals surface area (Å²) in [7, 11) is 0. The van der Waals surface area contributed by atoms with E-state index < -0.39 is 11.9 Å². The second-order valence-electron chi connectivity index (χ2n) is 4.47. The largest absolute Gasteiger partial charge is 0.481 e. The molecule has 4 N–H and O–H groups in total. The van der Waals surface area contributed by atoms with Crippen molar-refractivity contribution in [2.24, 2.45) is 5.92 Å². The van der Waals surface area contributed by atoms with Crippen molar-refractivity contribution in [1.29, 1.82) is 0 Å². The Kier molecular flexibility index (Phi) is 5.41. The predicted octanol–water partition coefficient (Wildman–Crippen LogP) is -0.325. The van der Waals surface area contributed by atoms with Gasteiger partial charge in [0.25, 0.3) is 0 Å². The highest BCUT2D eigenvalue weighted by Crippen LogP contribution is 2.04. The first kappa shape index (κ1) is 14.3. The second-order valence-corrected chi connectivity index (χ2v) is 4.47. The molecule has 3 amide bonds. The molecule has 0 bridgehead atoms. The number of urea groups is 1. The summed E-state index contributed by atoms with van der Waals surface area (Å²) in [6, 6.07) is -0.338. The molecule has 0 aromatic carbocycles. The first-order valence-electron chi connectivity index (χ1n) is 6.03. The molecule has 0 radical (unpaired) electrons. The maximum Gasteiger partial charge on any atom is 0.314 e. The Bertz CT molecular complexity index is 332. The first-order valence-corrected chi connectivity index (χ1v) is 6.03. The molecule has 18 heavy (non-hydrogen) atoms. The van der Waals surface area contributed by atoms with E-state index in [-0.39, 0.29) is 18.0 Å². The monoisotopic (exact) mass is 257 g/mol. The number of rotatable bonds is 6. The van der Waals surface area contributed by atoms with Crippen molar-refractivity contribution >= 4 is 17.9 Å². The average Bonchev–Trinajstić information content (AvgIpc) is 2.72.